The van der Waals surface area contributed by atoms with Gasteiger partial charge in [-0.05, 0) is 32.1 Å². The Bertz CT molecular complexity index is 406. The van der Waals surface area contributed by atoms with Crippen LogP contribution in [-0.4, -0.2) is 48.1 Å². The topological polar surface area (TPSA) is 58.6 Å². The van der Waals surface area contributed by atoms with Gasteiger partial charge in [0.15, 0.2) is 0 Å². The number of hydrogen-bond donors (Lipinski definition) is 1. The van der Waals surface area contributed by atoms with Crippen molar-refractivity contribution >= 4 is 11.8 Å². The molecule has 2 aliphatic carbocycles. The van der Waals surface area contributed by atoms with Gasteiger partial charge in [0.25, 0.3) is 0 Å². The second-order valence-corrected chi connectivity index (χ2v) is 6.55. The standard InChI is InChI=1S/C15H24N2O3/c1-20-14(6-4-7-14)11-17-10-5-12(18)16-15(13(17)19)8-2-3-9-15/h2-11H2,1H3,(H,16,18). The molecule has 0 unspecified atom stereocenters. The predicted molar refractivity (Wildman–Crippen MR) is 74.1 cm³/mol. The summed E-state index contributed by atoms with van der Waals surface area (Å²) in [5, 5.41) is 3.00. The average molecular weight is 280 g/mol. The van der Waals surface area contributed by atoms with Crippen LogP contribution in [-0.2, 0) is 14.3 Å². The third kappa shape index (κ3) is 2.22. The van der Waals surface area contributed by atoms with Crippen molar-refractivity contribution in [2.75, 3.05) is 20.2 Å². The number of nitrogens with one attached hydrogen (secondary N) is 1. The normalized spacial score (nSPS) is 28.1. The summed E-state index contributed by atoms with van der Waals surface area (Å²) in [5.41, 5.74) is -0.783. The molecule has 0 aromatic heterocycles. The van der Waals surface area contributed by atoms with Gasteiger partial charge in [0.05, 0.1) is 5.60 Å². The summed E-state index contributed by atoms with van der Waals surface area (Å²) in [5.74, 6) is 0.131. The Morgan fingerprint density at radius 3 is 2.40 bits per heavy atom. The fraction of sp³-hybridized carbons (Fsp3) is 0.867. The summed E-state index contributed by atoms with van der Waals surface area (Å²) >= 11 is 0. The number of carbonyl (C=O) groups excluding carboxylic acids is 2. The third-order valence-corrected chi connectivity index (χ3v) is 5.32. The zero-order valence-corrected chi connectivity index (χ0v) is 12.2. The molecule has 112 valence electrons. The maximum atomic E-state index is 12.9. The SMILES string of the molecule is COC1(CN2CCC(=O)NC3(CCCC3)C2=O)CCC1. The van der Waals surface area contributed by atoms with Crippen LogP contribution < -0.4 is 5.32 Å². The fourth-order valence-corrected chi connectivity index (χ4v) is 3.84. The maximum Gasteiger partial charge on any atom is 0.248 e. The Morgan fingerprint density at radius 1 is 1.15 bits per heavy atom. The van der Waals surface area contributed by atoms with E-state index in [4.69, 9.17) is 4.74 Å². The van der Waals surface area contributed by atoms with Crippen molar-refractivity contribution in [2.24, 2.45) is 0 Å². The number of hydrogen-bond acceptors (Lipinski definition) is 3. The van der Waals surface area contributed by atoms with Crippen LogP contribution in [0.4, 0.5) is 0 Å². The Balaban J connectivity index is 1.79. The molecule has 5 heteroatoms. The van der Waals surface area contributed by atoms with Crippen LogP contribution in [0.15, 0.2) is 0 Å². The predicted octanol–water partition coefficient (Wildman–Crippen LogP) is 1.22. The molecule has 20 heavy (non-hydrogen) atoms. The van der Waals surface area contributed by atoms with Crippen molar-refractivity contribution in [1.82, 2.24) is 10.2 Å². The first-order valence-corrected chi connectivity index (χ1v) is 7.75. The van der Waals surface area contributed by atoms with Crippen LogP contribution >= 0.6 is 0 Å². The van der Waals surface area contributed by atoms with E-state index >= 15 is 0 Å². The molecule has 5 nitrogen and oxygen atoms in total. The zero-order valence-electron chi connectivity index (χ0n) is 12.2. The van der Waals surface area contributed by atoms with Crippen molar-refractivity contribution in [1.29, 1.82) is 0 Å². The maximum absolute atomic E-state index is 12.9. The summed E-state index contributed by atoms with van der Waals surface area (Å²) in [6, 6.07) is 0. The molecule has 1 saturated heterocycles. The van der Waals surface area contributed by atoms with E-state index in [-0.39, 0.29) is 17.4 Å². The lowest BCUT2D eigenvalue weighted by molar-refractivity contribution is -0.147. The Hall–Kier alpha value is -1.10. The van der Waals surface area contributed by atoms with Crippen molar-refractivity contribution in [3.63, 3.8) is 0 Å². The molecule has 2 saturated carbocycles. The van der Waals surface area contributed by atoms with Crippen LogP contribution in [0.2, 0.25) is 0 Å². The minimum atomic E-state index is -0.619. The first-order valence-electron chi connectivity index (χ1n) is 7.75. The fourth-order valence-electron chi connectivity index (χ4n) is 3.84. The van der Waals surface area contributed by atoms with Gasteiger partial charge in [0.2, 0.25) is 11.8 Å². The van der Waals surface area contributed by atoms with Gasteiger partial charge in [0, 0.05) is 26.6 Å². The average Bonchev–Trinajstić information content (AvgIpc) is 2.82. The molecule has 1 N–H and O–H groups in total. The first-order chi connectivity index (χ1) is 9.59. The molecule has 1 spiro atoms. The summed E-state index contributed by atoms with van der Waals surface area (Å²) in [4.78, 5) is 26.7. The summed E-state index contributed by atoms with van der Waals surface area (Å²) in [6.45, 7) is 1.16. The van der Waals surface area contributed by atoms with Gasteiger partial charge in [-0.1, -0.05) is 12.8 Å². The molecule has 2 amide bonds. The largest absolute Gasteiger partial charge is 0.376 e. The monoisotopic (exact) mass is 280 g/mol. The number of amides is 2. The van der Waals surface area contributed by atoms with E-state index in [2.05, 4.69) is 5.32 Å². The van der Waals surface area contributed by atoms with Gasteiger partial charge in [-0.2, -0.15) is 0 Å². The van der Waals surface area contributed by atoms with E-state index < -0.39 is 5.54 Å². The molecule has 3 aliphatic rings. The molecule has 0 aromatic carbocycles. The van der Waals surface area contributed by atoms with Crippen LogP contribution in [0, 0.1) is 0 Å². The number of methoxy groups -OCH3 is 1. The van der Waals surface area contributed by atoms with E-state index in [0.29, 0.717) is 19.5 Å². The minimum Gasteiger partial charge on any atom is -0.376 e. The lowest BCUT2D eigenvalue weighted by atomic mass is 9.79. The van der Waals surface area contributed by atoms with Crippen LogP contribution in [0.1, 0.15) is 51.4 Å². The third-order valence-electron chi connectivity index (χ3n) is 5.32. The van der Waals surface area contributed by atoms with Gasteiger partial charge in [0.1, 0.15) is 5.54 Å². The van der Waals surface area contributed by atoms with E-state index in [1.54, 1.807) is 7.11 Å². The Morgan fingerprint density at radius 2 is 1.85 bits per heavy atom. The summed E-state index contributed by atoms with van der Waals surface area (Å²) in [6.07, 6.45) is 7.22. The summed E-state index contributed by atoms with van der Waals surface area (Å²) in [7, 11) is 1.73. The Kier molecular flexibility index (Phi) is 3.48. The second kappa shape index (κ2) is 5.02. The van der Waals surface area contributed by atoms with E-state index in [0.717, 1.165) is 44.9 Å². The van der Waals surface area contributed by atoms with Gasteiger partial charge >= 0.3 is 0 Å². The molecule has 3 rings (SSSR count). The smallest absolute Gasteiger partial charge is 0.248 e. The van der Waals surface area contributed by atoms with Gasteiger partial charge < -0.3 is 15.0 Å². The molecule has 0 aromatic rings. The van der Waals surface area contributed by atoms with Gasteiger partial charge in [-0.25, -0.2) is 0 Å². The minimum absolute atomic E-state index is 0.0165. The lowest BCUT2D eigenvalue weighted by Crippen LogP contribution is -2.59. The van der Waals surface area contributed by atoms with Crippen molar-refractivity contribution in [3.8, 4) is 0 Å². The molecule has 3 fully saturated rings. The van der Waals surface area contributed by atoms with Crippen LogP contribution in [0.3, 0.4) is 0 Å². The van der Waals surface area contributed by atoms with Crippen LogP contribution in [0.5, 0.6) is 0 Å². The highest BCUT2D eigenvalue weighted by Crippen LogP contribution is 2.38. The van der Waals surface area contributed by atoms with Crippen molar-refractivity contribution < 1.29 is 14.3 Å². The highest BCUT2D eigenvalue weighted by Gasteiger charge is 2.49. The zero-order chi connectivity index (χ0) is 14.2. The summed E-state index contributed by atoms with van der Waals surface area (Å²) < 4.78 is 5.64. The highest BCUT2D eigenvalue weighted by molar-refractivity contribution is 5.93. The molecule has 1 heterocycles. The van der Waals surface area contributed by atoms with Crippen molar-refractivity contribution in [3.05, 3.63) is 0 Å². The van der Waals surface area contributed by atoms with Crippen molar-refractivity contribution in [2.45, 2.75) is 62.5 Å². The molecule has 0 atom stereocenters. The number of carbonyl (C=O) groups is 2. The molecular weight excluding hydrogens is 256 g/mol. The molecule has 0 radical (unpaired) electrons. The van der Waals surface area contributed by atoms with Crippen LogP contribution in [0.25, 0.3) is 0 Å². The van der Waals surface area contributed by atoms with E-state index in [9.17, 15) is 9.59 Å². The molecular formula is C15H24N2O3. The quantitative estimate of drug-likeness (QED) is 0.845. The highest BCUT2D eigenvalue weighted by atomic mass is 16.5. The van der Waals surface area contributed by atoms with Gasteiger partial charge in [-0.3, -0.25) is 9.59 Å². The number of nitrogens with zero attached hydrogens (tertiary/aromatic N) is 1. The molecule has 0 bridgehead atoms. The number of rotatable bonds is 3. The second-order valence-electron chi connectivity index (χ2n) is 6.55. The van der Waals surface area contributed by atoms with E-state index in [1.807, 2.05) is 4.90 Å². The van der Waals surface area contributed by atoms with Gasteiger partial charge in [-0.15, -0.1) is 0 Å². The molecule has 1 aliphatic heterocycles. The number of ether oxygens (including phenoxy) is 1. The lowest BCUT2D eigenvalue weighted by Gasteiger charge is -2.44. The Labute approximate surface area is 120 Å². The first kappa shape index (κ1) is 13.9. The van der Waals surface area contributed by atoms with E-state index in [1.165, 1.54) is 0 Å².